The number of ether oxygens (including phenoxy) is 1. The number of hydrogen-bond acceptors (Lipinski definition) is 6. The summed E-state index contributed by atoms with van der Waals surface area (Å²) in [4.78, 5) is 17.9. The molecule has 0 bridgehead atoms. The number of nitrogens with zero attached hydrogens (tertiary/aromatic N) is 5. The maximum absolute atomic E-state index is 6.59. The Bertz CT molecular complexity index is 1100. The summed E-state index contributed by atoms with van der Waals surface area (Å²) in [6.45, 7) is 7.34. The van der Waals surface area contributed by atoms with Crippen LogP contribution < -0.4 is 4.90 Å². The Labute approximate surface area is 185 Å². The number of thiazole rings is 1. The van der Waals surface area contributed by atoms with Crippen molar-refractivity contribution >= 4 is 39.2 Å². The fraction of sp³-hybridized carbons (Fsp3) is 0.591. The van der Waals surface area contributed by atoms with Gasteiger partial charge in [0.05, 0.1) is 23.8 Å². The van der Waals surface area contributed by atoms with Crippen molar-refractivity contribution in [1.82, 2.24) is 19.5 Å². The molecular formula is C22H26ClN5OS. The molecule has 0 unspecified atom stereocenters. The Balaban J connectivity index is 1.42. The Morgan fingerprint density at radius 3 is 2.43 bits per heavy atom. The molecule has 158 valence electrons. The Hall–Kier alpha value is -1.70. The van der Waals surface area contributed by atoms with Crippen molar-refractivity contribution in [3.05, 3.63) is 22.6 Å². The molecule has 3 aromatic rings. The number of hydrogen-bond donors (Lipinski definition) is 0. The molecule has 3 aromatic heterocycles. The van der Waals surface area contributed by atoms with E-state index in [9.17, 15) is 0 Å². The van der Waals surface area contributed by atoms with Gasteiger partial charge in [0.15, 0.2) is 15.9 Å². The zero-order valence-corrected chi connectivity index (χ0v) is 19.0. The number of aromatic nitrogens is 4. The minimum Gasteiger partial charge on any atom is -0.378 e. The van der Waals surface area contributed by atoms with Crippen molar-refractivity contribution in [2.24, 2.45) is 11.8 Å². The number of fused-ring (bicyclic) bond motifs is 1. The van der Waals surface area contributed by atoms with Crippen LogP contribution in [-0.4, -0.2) is 45.8 Å². The number of aryl methyl sites for hydroxylation is 2. The zero-order chi connectivity index (χ0) is 20.4. The van der Waals surface area contributed by atoms with Gasteiger partial charge in [-0.15, -0.1) is 0 Å². The van der Waals surface area contributed by atoms with E-state index in [1.807, 2.05) is 6.92 Å². The summed E-state index contributed by atoms with van der Waals surface area (Å²) in [6.07, 6.45) is 7.69. The maximum atomic E-state index is 6.59. The molecule has 0 N–H and O–H groups in total. The van der Waals surface area contributed by atoms with Crippen molar-refractivity contribution in [3.63, 3.8) is 0 Å². The van der Waals surface area contributed by atoms with Crippen LogP contribution in [0.2, 0.25) is 5.15 Å². The van der Waals surface area contributed by atoms with Gasteiger partial charge in [-0.3, -0.25) is 0 Å². The summed E-state index contributed by atoms with van der Waals surface area (Å²) in [6, 6.07) is 0.598. The molecule has 0 aromatic carbocycles. The minimum absolute atomic E-state index is 0.518. The lowest BCUT2D eigenvalue weighted by molar-refractivity contribution is 0.122. The average molecular weight is 444 g/mol. The highest BCUT2D eigenvalue weighted by atomic mass is 35.5. The topological polar surface area (TPSA) is 56.1 Å². The highest BCUT2D eigenvalue weighted by Gasteiger charge is 2.43. The van der Waals surface area contributed by atoms with E-state index in [2.05, 4.69) is 27.6 Å². The van der Waals surface area contributed by atoms with E-state index in [0.29, 0.717) is 11.2 Å². The van der Waals surface area contributed by atoms with Crippen molar-refractivity contribution in [2.45, 2.75) is 45.6 Å². The first-order valence-corrected chi connectivity index (χ1v) is 12.1. The third-order valence-corrected chi connectivity index (χ3v) is 8.11. The van der Waals surface area contributed by atoms with E-state index >= 15 is 0 Å². The van der Waals surface area contributed by atoms with Crippen LogP contribution in [0.15, 0.2) is 6.20 Å². The SMILES string of the molecule is Cc1nc2c(nc1-c1sc(N3CCOCC3)nc1Cl)c(C)cn2C(C1CC1)C1CC1. The van der Waals surface area contributed by atoms with Crippen LogP contribution in [0.25, 0.3) is 21.7 Å². The predicted molar refractivity (Wildman–Crippen MR) is 121 cm³/mol. The molecule has 4 heterocycles. The average Bonchev–Trinajstić information content (AvgIpc) is 3.67. The molecule has 0 amide bonds. The Kier molecular flexibility index (Phi) is 4.55. The van der Waals surface area contributed by atoms with Crippen LogP contribution in [0.3, 0.4) is 0 Å². The molecular weight excluding hydrogens is 418 g/mol. The zero-order valence-electron chi connectivity index (χ0n) is 17.4. The quantitative estimate of drug-likeness (QED) is 0.554. The maximum Gasteiger partial charge on any atom is 0.187 e. The molecule has 6 rings (SSSR count). The molecule has 6 nitrogen and oxygen atoms in total. The summed E-state index contributed by atoms with van der Waals surface area (Å²) in [5, 5.41) is 1.46. The highest BCUT2D eigenvalue weighted by molar-refractivity contribution is 7.19. The van der Waals surface area contributed by atoms with E-state index in [0.717, 1.165) is 70.7 Å². The van der Waals surface area contributed by atoms with Crippen LogP contribution in [0, 0.1) is 25.7 Å². The normalized spacial score (nSPS) is 19.9. The lowest BCUT2D eigenvalue weighted by Crippen LogP contribution is -2.36. The summed E-state index contributed by atoms with van der Waals surface area (Å²) >= 11 is 8.19. The fourth-order valence-electron chi connectivity index (χ4n) is 4.77. The van der Waals surface area contributed by atoms with Crippen molar-refractivity contribution < 1.29 is 4.74 Å². The van der Waals surface area contributed by atoms with E-state index in [-0.39, 0.29) is 0 Å². The summed E-state index contributed by atoms with van der Waals surface area (Å²) in [7, 11) is 0. The second kappa shape index (κ2) is 7.18. The Morgan fingerprint density at radius 1 is 1.07 bits per heavy atom. The summed E-state index contributed by atoms with van der Waals surface area (Å²) in [5.41, 5.74) is 5.01. The lowest BCUT2D eigenvalue weighted by Gasteiger charge is -2.25. The Morgan fingerprint density at radius 2 is 1.77 bits per heavy atom. The molecule has 2 saturated carbocycles. The third kappa shape index (κ3) is 3.22. The smallest absolute Gasteiger partial charge is 0.187 e. The van der Waals surface area contributed by atoms with Gasteiger partial charge in [-0.05, 0) is 56.9 Å². The van der Waals surface area contributed by atoms with E-state index < -0.39 is 0 Å². The van der Waals surface area contributed by atoms with Crippen LogP contribution >= 0.6 is 22.9 Å². The van der Waals surface area contributed by atoms with E-state index in [1.165, 1.54) is 31.2 Å². The third-order valence-electron chi connectivity index (χ3n) is 6.60. The minimum atomic E-state index is 0.518. The summed E-state index contributed by atoms with van der Waals surface area (Å²) in [5.74, 6) is 1.64. The molecule has 30 heavy (non-hydrogen) atoms. The molecule has 0 radical (unpaired) electrons. The standard InChI is InChI=1S/C22H26ClN5OS/c1-12-11-28(18(14-3-4-14)15-5-6-15)21-16(12)25-17(13(2)24-21)19-20(23)26-22(30-19)27-7-9-29-10-8-27/h11,14-15,18H,3-10H2,1-2H3. The van der Waals surface area contributed by atoms with Crippen LogP contribution in [0.4, 0.5) is 5.13 Å². The van der Waals surface area contributed by atoms with Gasteiger partial charge in [-0.2, -0.15) is 0 Å². The first-order valence-electron chi connectivity index (χ1n) is 11.0. The van der Waals surface area contributed by atoms with Gasteiger partial charge in [0.2, 0.25) is 0 Å². The van der Waals surface area contributed by atoms with Crippen LogP contribution in [0.1, 0.15) is 43.0 Å². The number of morpholine rings is 1. The predicted octanol–water partition coefficient (Wildman–Crippen LogP) is 5.02. The van der Waals surface area contributed by atoms with Gasteiger partial charge in [0, 0.05) is 25.3 Å². The highest BCUT2D eigenvalue weighted by Crippen LogP contribution is 2.53. The van der Waals surface area contributed by atoms with Gasteiger partial charge < -0.3 is 14.2 Å². The number of anilines is 1. The first kappa shape index (κ1) is 19.0. The molecule has 0 spiro atoms. The second-order valence-electron chi connectivity index (χ2n) is 8.93. The van der Waals surface area contributed by atoms with Gasteiger partial charge in [0.25, 0.3) is 0 Å². The second-order valence-corrected chi connectivity index (χ2v) is 10.3. The molecule has 1 saturated heterocycles. The summed E-state index contributed by atoms with van der Waals surface area (Å²) < 4.78 is 7.91. The van der Waals surface area contributed by atoms with Gasteiger partial charge in [0.1, 0.15) is 11.2 Å². The fourth-order valence-corrected chi connectivity index (χ4v) is 6.15. The van der Waals surface area contributed by atoms with Crippen LogP contribution in [0.5, 0.6) is 0 Å². The molecule has 2 aliphatic carbocycles. The molecule has 3 aliphatic rings. The van der Waals surface area contributed by atoms with Crippen molar-refractivity contribution in [2.75, 3.05) is 31.2 Å². The largest absolute Gasteiger partial charge is 0.378 e. The van der Waals surface area contributed by atoms with Crippen molar-refractivity contribution in [3.8, 4) is 10.6 Å². The lowest BCUT2D eigenvalue weighted by atomic mass is 10.1. The molecule has 1 aliphatic heterocycles. The monoisotopic (exact) mass is 443 g/mol. The van der Waals surface area contributed by atoms with Crippen molar-refractivity contribution in [1.29, 1.82) is 0 Å². The van der Waals surface area contributed by atoms with Gasteiger partial charge in [-0.25, -0.2) is 15.0 Å². The first-order chi connectivity index (χ1) is 14.6. The van der Waals surface area contributed by atoms with Gasteiger partial charge >= 0.3 is 0 Å². The van der Waals surface area contributed by atoms with E-state index in [4.69, 9.17) is 26.3 Å². The van der Waals surface area contributed by atoms with Crippen LogP contribution in [-0.2, 0) is 4.74 Å². The van der Waals surface area contributed by atoms with E-state index in [1.54, 1.807) is 11.3 Å². The number of rotatable bonds is 5. The molecule has 3 fully saturated rings. The number of halogens is 1. The molecule has 0 atom stereocenters. The molecule has 8 heteroatoms. The van der Waals surface area contributed by atoms with Gasteiger partial charge in [-0.1, -0.05) is 22.9 Å².